The van der Waals surface area contributed by atoms with Gasteiger partial charge in [-0.2, -0.15) is 0 Å². The molecule has 2 unspecified atom stereocenters. The highest BCUT2D eigenvalue weighted by atomic mass is 35.5. The summed E-state index contributed by atoms with van der Waals surface area (Å²) in [5.41, 5.74) is 7.47. The van der Waals surface area contributed by atoms with Crippen molar-refractivity contribution < 1.29 is 0 Å². The first kappa shape index (κ1) is 25.5. The SMILES string of the molecule is Cc1ccc([C](CCC(C)c2ccccc2)CC(C)c2cccc(-c3cccc(Cl)c3Cl)c2)cc1. The number of hydrogen-bond acceptors (Lipinski definition) is 0. The second kappa shape index (κ2) is 11.9. The van der Waals surface area contributed by atoms with Crippen LogP contribution in [0.1, 0.15) is 67.2 Å². The van der Waals surface area contributed by atoms with E-state index in [1.807, 2.05) is 18.2 Å². The van der Waals surface area contributed by atoms with Crippen molar-refractivity contribution in [3.63, 3.8) is 0 Å². The van der Waals surface area contributed by atoms with Gasteiger partial charge in [-0.15, -0.1) is 0 Å². The molecule has 4 aromatic carbocycles. The molecule has 2 atom stereocenters. The first-order valence-electron chi connectivity index (χ1n) is 12.4. The summed E-state index contributed by atoms with van der Waals surface area (Å²) in [6.07, 6.45) is 3.25. The summed E-state index contributed by atoms with van der Waals surface area (Å²) in [4.78, 5) is 0. The van der Waals surface area contributed by atoms with Crippen LogP contribution in [0.3, 0.4) is 0 Å². The lowest BCUT2D eigenvalue weighted by molar-refractivity contribution is 0.596. The summed E-state index contributed by atoms with van der Waals surface area (Å²) in [6.45, 7) is 6.81. The van der Waals surface area contributed by atoms with Gasteiger partial charge >= 0.3 is 0 Å². The highest BCUT2D eigenvalue weighted by molar-refractivity contribution is 6.43. The Morgan fingerprint density at radius 2 is 1.40 bits per heavy atom. The Bertz CT molecular complexity index is 1230. The van der Waals surface area contributed by atoms with Crippen LogP contribution in [0.5, 0.6) is 0 Å². The van der Waals surface area contributed by atoms with Gasteiger partial charge in [0, 0.05) is 11.5 Å². The van der Waals surface area contributed by atoms with Crippen molar-refractivity contribution in [1.29, 1.82) is 0 Å². The van der Waals surface area contributed by atoms with Crippen LogP contribution in [0.25, 0.3) is 11.1 Å². The van der Waals surface area contributed by atoms with Crippen LogP contribution in [-0.2, 0) is 0 Å². The summed E-state index contributed by atoms with van der Waals surface area (Å²) in [5.74, 6) is 2.43. The van der Waals surface area contributed by atoms with E-state index in [4.69, 9.17) is 23.2 Å². The molecule has 0 aromatic heterocycles. The highest BCUT2D eigenvalue weighted by Crippen LogP contribution is 2.38. The summed E-state index contributed by atoms with van der Waals surface area (Å²) >= 11 is 12.8. The summed E-state index contributed by atoms with van der Waals surface area (Å²) in [6, 6.07) is 34.4. The Morgan fingerprint density at radius 1 is 0.714 bits per heavy atom. The predicted molar refractivity (Wildman–Crippen MR) is 153 cm³/mol. The molecule has 1 radical (unpaired) electrons. The molecule has 0 aliphatic rings. The average molecular weight is 501 g/mol. The smallest absolute Gasteiger partial charge is 0.0670 e. The molecule has 0 nitrogen and oxygen atoms in total. The minimum absolute atomic E-state index is 0.385. The quantitative estimate of drug-likeness (QED) is 0.214. The molecular formula is C33H33Cl2. The monoisotopic (exact) mass is 499 g/mol. The van der Waals surface area contributed by atoms with E-state index in [1.165, 1.54) is 28.2 Å². The molecule has 0 heterocycles. The molecule has 179 valence electrons. The first-order chi connectivity index (χ1) is 16.9. The van der Waals surface area contributed by atoms with Crippen molar-refractivity contribution in [2.75, 3.05) is 0 Å². The Hall–Kier alpha value is -2.54. The van der Waals surface area contributed by atoms with E-state index in [9.17, 15) is 0 Å². The van der Waals surface area contributed by atoms with Crippen LogP contribution in [-0.4, -0.2) is 0 Å². The molecule has 0 N–H and O–H groups in total. The van der Waals surface area contributed by atoms with Gasteiger partial charge in [-0.3, -0.25) is 0 Å². The van der Waals surface area contributed by atoms with E-state index in [0.29, 0.717) is 21.9 Å². The molecule has 0 saturated heterocycles. The molecule has 0 saturated carbocycles. The Kier molecular flexibility index (Phi) is 8.71. The zero-order valence-corrected chi connectivity index (χ0v) is 22.3. The van der Waals surface area contributed by atoms with Crippen LogP contribution >= 0.6 is 23.2 Å². The van der Waals surface area contributed by atoms with E-state index in [0.717, 1.165) is 30.4 Å². The van der Waals surface area contributed by atoms with Crippen LogP contribution in [0.2, 0.25) is 10.0 Å². The number of benzene rings is 4. The molecule has 2 heteroatoms. The Morgan fingerprint density at radius 3 is 2.14 bits per heavy atom. The maximum atomic E-state index is 6.52. The fourth-order valence-corrected chi connectivity index (χ4v) is 5.13. The largest absolute Gasteiger partial charge is 0.0827 e. The zero-order chi connectivity index (χ0) is 24.8. The van der Waals surface area contributed by atoms with Gasteiger partial charge in [0.1, 0.15) is 0 Å². The van der Waals surface area contributed by atoms with Gasteiger partial charge in [0.05, 0.1) is 10.0 Å². The maximum absolute atomic E-state index is 6.52. The van der Waals surface area contributed by atoms with Crippen molar-refractivity contribution in [3.8, 4) is 11.1 Å². The molecule has 35 heavy (non-hydrogen) atoms. The highest BCUT2D eigenvalue weighted by Gasteiger charge is 2.20. The second-order valence-corrected chi connectivity index (χ2v) is 10.4. The molecule has 0 aliphatic heterocycles. The van der Waals surface area contributed by atoms with Gasteiger partial charge in [0.2, 0.25) is 0 Å². The minimum atomic E-state index is 0.385. The van der Waals surface area contributed by atoms with Crippen molar-refractivity contribution in [3.05, 3.63) is 135 Å². The Labute approximate surface area is 220 Å². The fourth-order valence-electron chi connectivity index (χ4n) is 4.72. The topological polar surface area (TPSA) is 0 Å². The first-order valence-corrected chi connectivity index (χ1v) is 13.2. The summed E-state index contributed by atoms with van der Waals surface area (Å²) < 4.78 is 0. The standard InChI is InChI=1S/C33H33Cl2/c1-23-15-18-27(19-16-23)29(20-17-24(2)26-9-5-4-6-10-26)21-25(3)28-11-7-12-30(22-28)31-13-8-14-32(34)33(31)35/h4-16,18-19,22,24-25H,17,20-21H2,1-3H3. The lowest BCUT2D eigenvalue weighted by atomic mass is 9.81. The van der Waals surface area contributed by atoms with E-state index < -0.39 is 0 Å². The lowest BCUT2D eigenvalue weighted by Crippen LogP contribution is -2.08. The van der Waals surface area contributed by atoms with E-state index in [2.05, 4.69) is 99.6 Å². The van der Waals surface area contributed by atoms with Gasteiger partial charge in [0.25, 0.3) is 0 Å². The van der Waals surface area contributed by atoms with Gasteiger partial charge in [-0.1, -0.05) is 134 Å². The van der Waals surface area contributed by atoms with Gasteiger partial charge < -0.3 is 0 Å². The van der Waals surface area contributed by atoms with Crippen molar-refractivity contribution in [1.82, 2.24) is 0 Å². The van der Waals surface area contributed by atoms with Crippen LogP contribution < -0.4 is 0 Å². The van der Waals surface area contributed by atoms with Crippen LogP contribution in [0.4, 0.5) is 0 Å². The minimum Gasteiger partial charge on any atom is -0.0827 e. The van der Waals surface area contributed by atoms with E-state index in [-0.39, 0.29) is 0 Å². The lowest BCUT2D eigenvalue weighted by Gasteiger charge is -2.24. The normalized spacial score (nSPS) is 13.1. The third-order valence-corrected chi connectivity index (χ3v) is 7.80. The summed E-state index contributed by atoms with van der Waals surface area (Å²) in [7, 11) is 0. The zero-order valence-electron chi connectivity index (χ0n) is 20.8. The van der Waals surface area contributed by atoms with Gasteiger partial charge in [-0.05, 0) is 66.3 Å². The van der Waals surface area contributed by atoms with Crippen molar-refractivity contribution in [2.45, 2.75) is 51.9 Å². The second-order valence-electron chi connectivity index (χ2n) is 9.65. The number of rotatable bonds is 9. The van der Waals surface area contributed by atoms with Gasteiger partial charge in [0.15, 0.2) is 0 Å². The summed E-state index contributed by atoms with van der Waals surface area (Å²) in [5, 5.41) is 1.20. The molecular weight excluding hydrogens is 467 g/mol. The predicted octanol–water partition coefficient (Wildman–Crippen LogP) is 10.7. The van der Waals surface area contributed by atoms with Crippen molar-refractivity contribution in [2.24, 2.45) is 0 Å². The molecule has 0 bridgehead atoms. The molecule has 0 fully saturated rings. The molecule has 0 amide bonds. The third kappa shape index (κ3) is 6.57. The maximum Gasteiger partial charge on any atom is 0.0670 e. The molecule has 0 aliphatic carbocycles. The Balaban J connectivity index is 1.54. The molecule has 4 rings (SSSR count). The number of halogens is 2. The van der Waals surface area contributed by atoms with Crippen LogP contribution in [0, 0.1) is 12.8 Å². The average Bonchev–Trinajstić information content (AvgIpc) is 2.89. The molecule has 0 spiro atoms. The number of aryl methyl sites for hydroxylation is 1. The van der Waals surface area contributed by atoms with E-state index >= 15 is 0 Å². The number of hydrogen-bond donors (Lipinski definition) is 0. The van der Waals surface area contributed by atoms with Gasteiger partial charge in [-0.25, -0.2) is 0 Å². The fraction of sp³-hybridized carbons (Fsp3) is 0.242. The third-order valence-electron chi connectivity index (χ3n) is 6.98. The van der Waals surface area contributed by atoms with Crippen molar-refractivity contribution >= 4 is 23.2 Å². The molecule has 4 aromatic rings. The van der Waals surface area contributed by atoms with Crippen LogP contribution in [0.15, 0.2) is 97.1 Å². The van der Waals surface area contributed by atoms with E-state index in [1.54, 1.807) is 0 Å².